The molecule has 1 saturated heterocycles. The standard InChI is InChI=1S/C26H37F2N3O5/c1-15-16(2)35-21-19(15)12-17(13-20(21)23(33)29-6)22(32)30-10-7-8-18-9-11-31(14-26(18,27)28)24(34)36-25(3,4)5/h12-13,15-16,18H,7-11,14H2,1-6H3,(H,29,33)(H,30,32)/t15-,16-,18?/m1/s1. The maximum atomic E-state index is 14.7. The van der Waals surface area contributed by atoms with E-state index in [0.717, 1.165) is 10.5 Å². The van der Waals surface area contributed by atoms with Gasteiger partial charge < -0.3 is 25.0 Å². The topological polar surface area (TPSA) is 97.0 Å². The zero-order valence-electron chi connectivity index (χ0n) is 21.9. The molecule has 3 atom stereocenters. The Morgan fingerprint density at radius 1 is 1.19 bits per heavy atom. The third kappa shape index (κ3) is 6.25. The minimum Gasteiger partial charge on any atom is -0.489 e. The number of amides is 3. The molecule has 2 aliphatic rings. The minimum absolute atomic E-state index is 0.0185. The van der Waals surface area contributed by atoms with Crippen LogP contribution in [0.1, 0.15) is 86.1 Å². The van der Waals surface area contributed by atoms with Crippen molar-refractivity contribution in [2.45, 2.75) is 77.4 Å². The predicted octanol–water partition coefficient (Wildman–Crippen LogP) is 4.33. The van der Waals surface area contributed by atoms with E-state index in [-0.39, 0.29) is 49.8 Å². The molecule has 1 aromatic rings. The normalized spacial score (nSPS) is 22.9. The fourth-order valence-electron chi connectivity index (χ4n) is 4.57. The second-order valence-electron chi connectivity index (χ2n) is 10.7. The summed E-state index contributed by atoms with van der Waals surface area (Å²) in [6, 6.07) is 3.23. The lowest BCUT2D eigenvalue weighted by molar-refractivity contribution is -0.112. The molecular weight excluding hydrogens is 472 g/mol. The summed E-state index contributed by atoms with van der Waals surface area (Å²) >= 11 is 0. The van der Waals surface area contributed by atoms with Crippen molar-refractivity contribution in [2.75, 3.05) is 26.7 Å². The van der Waals surface area contributed by atoms with Gasteiger partial charge in [-0.05, 0) is 59.1 Å². The SMILES string of the molecule is CNC(=O)c1cc(C(=O)NCCCC2CCN(C(=O)OC(C)(C)C)CC2(F)F)cc2c1O[C@H](C)[C@H]2C. The molecule has 0 bridgehead atoms. The van der Waals surface area contributed by atoms with Gasteiger partial charge in [0.15, 0.2) is 0 Å². The van der Waals surface area contributed by atoms with Gasteiger partial charge in [-0.2, -0.15) is 0 Å². The first-order chi connectivity index (χ1) is 16.7. The van der Waals surface area contributed by atoms with Crippen molar-refractivity contribution in [3.05, 3.63) is 28.8 Å². The second-order valence-corrected chi connectivity index (χ2v) is 10.7. The number of hydrogen-bond acceptors (Lipinski definition) is 5. The number of likely N-dealkylation sites (tertiary alicyclic amines) is 1. The van der Waals surface area contributed by atoms with Gasteiger partial charge in [-0.1, -0.05) is 6.92 Å². The van der Waals surface area contributed by atoms with E-state index < -0.39 is 30.1 Å². The first-order valence-electron chi connectivity index (χ1n) is 12.4. The molecule has 3 amide bonds. The minimum atomic E-state index is -3.03. The molecule has 1 unspecified atom stereocenters. The molecule has 0 spiro atoms. The largest absolute Gasteiger partial charge is 0.489 e. The molecule has 2 aliphatic heterocycles. The molecule has 0 aliphatic carbocycles. The predicted molar refractivity (Wildman–Crippen MR) is 131 cm³/mol. The molecule has 2 N–H and O–H groups in total. The molecule has 0 radical (unpaired) electrons. The van der Waals surface area contributed by atoms with Crippen LogP contribution in [0.3, 0.4) is 0 Å². The van der Waals surface area contributed by atoms with Crippen molar-refractivity contribution < 1.29 is 32.6 Å². The van der Waals surface area contributed by atoms with Crippen molar-refractivity contribution in [3.63, 3.8) is 0 Å². The number of carbonyl (C=O) groups excluding carboxylic acids is 3. The smallest absolute Gasteiger partial charge is 0.410 e. The molecule has 10 heteroatoms. The molecule has 0 saturated carbocycles. The number of ether oxygens (including phenoxy) is 2. The lowest BCUT2D eigenvalue weighted by Gasteiger charge is -2.38. The van der Waals surface area contributed by atoms with Crippen LogP contribution >= 0.6 is 0 Å². The number of carbonyl (C=O) groups is 3. The maximum absolute atomic E-state index is 14.7. The number of nitrogens with zero attached hydrogens (tertiary/aromatic N) is 1. The van der Waals surface area contributed by atoms with E-state index in [0.29, 0.717) is 23.3 Å². The number of benzene rings is 1. The molecule has 1 aromatic carbocycles. The van der Waals surface area contributed by atoms with Crippen molar-refractivity contribution >= 4 is 17.9 Å². The highest BCUT2D eigenvalue weighted by Gasteiger charge is 2.46. The highest BCUT2D eigenvalue weighted by Crippen LogP contribution is 2.41. The molecular formula is C26H37F2N3O5. The lowest BCUT2D eigenvalue weighted by Crippen LogP contribution is -2.51. The summed E-state index contributed by atoms with van der Waals surface area (Å²) in [6.45, 7) is 8.72. The van der Waals surface area contributed by atoms with Crippen molar-refractivity contribution in [1.82, 2.24) is 15.5 Å². The van der Waals surface area contributed by atoms with E-state index in [4.69, 9.17) is 9.47 Å². The van der Waals surface area contributed by atoms with Crippen LogP contribution in [0, 0.1) is 5.92 Å². The molecule has 200 valence electrons. The fraction of sp³-hybridized carbons (Fsp3) is 0.654. The van der Waals surface area contributed by atoms with Crippen LogP contribution in [-0.2, 0) is 4.74 Å². The Morgan fingerprint density at radius 2 is 1.89 bits per heavy atom. The summed E-state index contributed by atoms with van der Waals surface area (Å²) in [4.78, 5) is 38.4. The van der Waals surface area contributed by atoms with Gasteiger partial charge in [0.2, 0.25) is 0 Å². The molecule has 0 aromatic heterocycles. The van der Waals surface area contributed by atoms with E-state index in [1.807, 2.05) is 13.8 Å². The number of halogens is 2. The summed E-state index contributed by atoms with van der Waals surface area (Å²) < 4.78 is 40.5. The summed E-state index contributed by atoms with van der Waals surface area (Å²) in [5.74, 6) is -4.12. The average Bonchev–Trinajstić information content (AvgIpc) is 3.08. The Morgan fingerprint density at radius 3 is 2.50 bits per heavy atom. The molecule has 1 fully saturated rings. The number of rotatable bonds is 6. The highest BCUT2D eigenvalue weighted by molar-refractivity contribution is 6.02. The number of alkyl halides is 2. The van der Waals surface area contributed by atoms with Crippen LogP contribution in [0.25, 0.3) is 0 Å². The molecule has 2 heterocycles. The van der Waals surface area contributed by atoms with Gasteiger partial charge >= 0.3 is 6.09 Å². The Balaban J connectivity index is 1.55. The van der Waals surface area contributed by atoms with E-state index in [9.17, 15) is 23.2 Å². The summed E-state index contributed by atoms with van der Waals surface area (Å²) in [7, 11) is 1.51. The van der Waals surface area contributed by atoms with Crippen molar-refractivity contribution in [2.24, 2.45) is 5.92 Å². The second kappa shape index (κ2) is 10.6. The van der Waals surface area contributed by atoms with E-state index >= 15 is 0 Å². The zero-order chi connectivity index (χ0) is 26.8. The van der Waals surface area contributed by atoms with Gasteiger partial charge in [-0.3, -0.25) is 9.59 Å². The summed E-state index contributed by atoms with van der Waals surface area (Å²) in [6.07, 6.45) is -0.109. The number of fused-ring (bicyclic) bond motifs is 1. The van der Waals surface area contributed by atoms with Crippen LogP contribution in [0.2, 0.25) is 0 Å². The van der Waals surface area contributed by atoms with Gasteiger partial charge in [0.25, 0.3) is 17.7 Å². The summed E-state index contributed by atoms with van der Waals surface area (Å²) in [5, 5.41) is 5.35. The molecule has 36 heavy (non-hydrogen) atoms. The lowest BCUT2D eigenvalue weighted by atomic mass is 9.88. The van der Waals surface area contributed by atoms with E-state index in [1.54, 1.807) is 26.8 Å². The monoisotopic (exact) mass is 509 g/mol. The van der Waals surface area contributed by atoms with Crippen molar-refractivity contribution in [1.29, 1.82) is 0 Å². The zero-order valence-corrected chi connectivity index (χ0v) is 21.9. The van der Waals surface area contributed by atoms with Gasteiger partial charge in [0.05, 0.1) is 12.1 Å². The van der Waals surface area contributed by atoms with E-state index in [1.165, 1.54) is 13.1 Å². The van der Waals surface area contributed by atoms with Crippen LogP contribution in [-0.4, -0.2) is 67.1 Å². The first-order valence-corrected chi connectivity index (χ1v) is 12.4. The number of hydrogen-bond donors (Lipinski definition) is 2. The average molecular weight is 510 g/mol. The number of piperidine rings is 1. The fourth-order valence-corrected chi connectivity index (χ4v) is 4.57. The Hall–Kier alpha value is -2.91. The third-order valence-corrected chi connectivity index (χ3v) is 6.76. The Bertz CT molecular complexity index is 1010. The van der Waals surface area contributed by atoms with Gasteiger partial charge in [-0.25, -0.2) is 13.6 Å². The van der Waals surface area contributed by atoms with Gasteiger partial charge in [0, 0.05) is 43.1 Å². The Labute approximate surface area is 211 Å². The van der Waals surface area contributed by atoms with Gasteiger partial charge in [0.1, 0.15) is 17.5 Å². The number of nitrogens with one attached hydrogen (secondary N) is 2. The van der Waals surface area contributed by atoms with Crippen LogP contribution in [0.15, 0.2) is 12.1 Å². The van der Waals surface area contributed by atoms with Crippen molar-refractivity contribution in [3.8, 4) is 5.75 Å². The first kappa shape index (κ1) is 27.7. The van der Waals surface area contributed by atoms with Crippen LogP contribution in [0.4, 0.5) is 13.6 Å². The quantitative estimate of drug-likeness (QED) is 0.557. The molecule has 8 nitrogen and oxygen atoms in total. The maximum Gasteiger partial charge on any atom is 0.410 e. The summed E-state index contributed by atoms with van der Waals surface area (Å²) in [5.41, 5.74) is 0.677. The van der Waals surface area contributed by atoms with E-state index in [2.05, 4.69) is 10.6 Å². The van der Waals surface area contributed by atoms with Gasteiger partial charge in [-0.15, -0.1) is 0 Å². The van der Waals surface area contributed by atoms with Crippen LogP contribution < -0.4 is 15.4 Å². The molecule has 3 rings (SSSR count). The third-order valence-electron chi connectivity index (χ3n) is 6.76. The highest BCUT2D eigenvalue weighted by atomic mass is 19.3. The van der Waals surface area contributed by atoms with Crippen LogP contribution in [0.5, 0.6) is 5.75 Å². The Kier molecular flexibility index (Phi) is 8.15.